The van der Waals surface area contributed by atoms with Crippen molar-refractivity contribution in [1.82, 2.24) is 0 Å². The predicted octanol–water partition coefficient (Wildman–Crippen LogP) is 1.57. The number of fused-ring (bicyclic) bond motifs is 3. The van der Waals surface area contributed by atoms with E-state index in [-0.39, 0.29) is 48.8 Å². The van der Waals surface area contributed by atoms with E-state index in [1.54, 1.807) is 0 Å². The zero-order valence-corrected chi connectivity index (χ0v) is 17.2. The van der Waals surface area contributed by atoms with Crippen molar-refractivity contribution >= 4 is 12.6 Å². The number of ether oxygens (including phenoxy) is 5. The molecule has 0 spiro atoms. The molecule has 0 aromatic heterocycles. The first-order valence-corrected chi connectivity index (χ1v) is 11.5. The molecule has 0 aromatic carbocycles. The average Bonchev–Trinajstić information content (AvgIpc) is 3.37. The van der Waals surface area contributed by atoms with Gasteiger partial charge in [0.2, 0.25) is 0 Å². The molecule has 7 unspecified atom stereocenters. The molecule has 3 saturated heterocycles. The van der Waals surface area contributed by atoms with E-state index in [1.807, 2.05) is 0 Å². The molecule has 2 saturated carbocycles. The smallest absolute Gasteiger partial charge is 0.190 e. The van der Waals surface area contributed by atoms with Crippen molar-refractivity contribution in [3.8, 4) is 0 Å². The quantitative estimate of drug-likeness (QED) is 0.664. The molecular weight excluding hydrogens is 392 g/mol. The van der Waals surface area contributed by atoms with E-state index in [2.05, 4.69) is 0 Å². The molecule has 0 bridgehead atoms. The number of aliphatic hydroxyl groups excluding tert-OH is 1. The first-order chi connectivity index (χ1) is 14.7. The summed E-state index contributed by atoms with van der Waals surface area (Å²) in [5.74, 6) is 0.748. The van der Waals surface area contributed by atoms with Gasteiger partial charge in [-0.2, -0.15) is 0 Å². The van der Waals surface area contributed by atoms with E-state index >= 15 is 0 Å². The normalized spacial score (nSPS) is 51.2. The van der Waals surface area contributed by atoms with Crippen LogP contribution in [0.3, 0.4) is 0 Å². The number of hydrogen-bond donors (Lipinski definition) is 1. The second-order valence-corrected chi connectivity index (χ2v) is 9.52. The molecule has 5 rings (SSSR count). The molecular formula is C22H32O8. The highest BCUT2D eigenvalue weighted by Gasteiger charge is 2.59. The summed E-state index contributed by atoms with van der Waals surface area (Å²) >= 11 is 0. The van der Waals surface area contributed by atoms with Crippen molar-refractivity contribution in [2.24, 2.45) is 23.7 Å². The summed E-state index contributed by atoms with van der Waals surface area (Å²) in [5.41, 5.74) is 0. The van der Waals surface area contributed by atoms with E-state index in [9.17, 15) is 14.7 Å². The fourth-order valence-electron chi connectivity index (χ4n) is 5.81. The van der Waals surface area contributed by atoms with Gasteiger partial charge >= 0.3 is 0 Å². The highest BCUT2D eigenvalue weighted by molar-refractivity contribution is 5.53. The third-order valence-electron chi connectivity index (χ3n) is 7.70. The zero-order valence-electron chi connectivity index (χ0n) is 17.2. The number of carbonyl (C=O) groups excluding carboxylic acids is 2. The summed E-state index contributed by atoms with van der Waals surface area (Å²) in [7, 11) is 0. The molecule has 3 aliphatic heterocycles. The van der Waals surface area contributed by atoms with Crippen LogP contribution in [0.25, 0.3) is 0 Å². The minimum absolute atomic E-state index is 0.132. The highest BCUT2D eigenvalue weighted by atomic mass is 16.8. The van der Waals surface area contributed by atoms with Crippen LogP contribution < -0.4 is 0 Å². The van der Waals surface area contributed by atoms with Gasteiger partial charge in [-0.15, -0.1) is 0 Å². The van der Waals surface area contributed by atoms with Crippen LogP contribution in [-0.2, 0) is 33.3 Å². The second-order valence-electron chi connectivity index (χ2n) is 9.52. The van der Waals surface area contributed by atoms with Crippen molar-refractivity contribution in [1.29, 1.82) is 0 Å². The van der Waals surface area contributed by atoms with Gasteiger partial charge in [0.25, 0.3) is 0 Å². The fourth-order valence-corrected chi connectivity index (χ4v) is 5.81. The Labute approximate surface area is 176 Å². The largest absolute Gasteiger partial charge is 0.394 e. The third-order valence-corrected chi connectivity index (χ3v) is 7.70. The van der Waals surface area contributed by atoms with Gasteiger partial charge in [0.1, 0.15) is 37.0 Å². The van der Waals surface area contributed by atoms with Crippen LogP contribution in [0.15, 0.2) is 0 Å². The van der Waals surface area contributed by atoms with Crippen molar-refractivity contribution in [2.75, 3.05) is 6.61 Å². The van der Waals surface area contributed by atoms with Crippen molar-refractivity contribution < 1.29 is 38.4 Å². The van der Waals surface area contributed by atoms with Gasteiger partial charge < -0.3 is 38.4 Å². The molecule has 5 aliphatic rings. The summed E-state index contributed by atoms with van der Waals surface area (Å²) in [4.78, 5) is 22.1. The van der Waals surface area contributed by atoms with Gasteiger partial charge in [-0.3, -0.25) is 0 Å². The van der Waals surface area contributed by atoms with Gasteiger partial charge in [-0.25, -0.2) is 0 Å². The summed E-state index contributed by atoms with van der Waals surface area (Å²) < 4.78 is 30.8. The second kappa shape index (κ2) is 8.92. The lowest BCUT2D eigenvalue weighted by molar-refractivity contribution is -0.318. The van der Waals surface area contributed by atoms with Crippen molar-refractivity contribution in [2.45, 2.75) is 94.7 Å². The van der Waals surface area contributed by atoms with E-state index in [0.29, 0.717) is 0 Å². The van der Waals surface area contributed by atoms with Crippen LogP contribution in [-0.4, -0.2) is 67.6 Å². The molecule has 1 N–H and O–H groups in total. The third kappa shape index (κ3) is 3.87. The van der Waals surface area contributed by atoms with E-state index in [4.69, 9.17) is 23.7 Å². The monoisotopic (exact) mass is 424 g/mol. The molecule has 3 heterocycles. The molecule has 2 aliphatic carbocycles. The molecule has 8 heteroatoms. The van der Waals surface area contributed by atoms with E-state index < -0.39 is 24.8 Å². The first-order valence-electron chi connectivity index (χ1n) is 11.5. The maximum absolute atomic E-state index is 11.1. The minimum atomic E-state index is -0.518. The Hall–Kier alpha value is -0.900. The summed E-state index contributed by atoms with van der Waals surface area (Å²) in [5, 5.41) is 9.88. The van der Waals surface area contributed by atoms with E-state index in [0.717, 1.165) is 63.9 Å². The van der Waals surface area contributed by atoms with Crippen LogP contribution >= 0.6 is 0 Å². The van der Waals surface area contributed by atoms with Crippen LogP contribution in [0, 0.1) is 23.7 Å². The molecule has 7 atom stereocenters. The highest BCUT2D eigenvalue weighted by Crippen LogP contribution is 2.45. The summed E-state index contributed by atoms with van der Waals surface area (Å²) in [6.45, 7) is -0.150. The number of aliphatic hydroxyl groups is 1. The van der Waals surface area contributed by atoms with Gasteiger partial charge in [-0.05, 0) is 51.4 Å². The number of rotatable bonds is 5. The molecule has 0 aromatic rings. The Bertz CT molecular complexity index is 612. The molecule has 0 radical (unpaired) electrons. The molecule has 168 valence electrons. The van der Waals surface area contributed by atoms with Crippen LogP contribution in [0.2, 0.25) is 0 Å². The SMILES string of the molecule is O=CC1CCC(C2OC3OC4C(CO)OC(C5CCC(C=O)CC5)OC4C3O2)CC1. The predicted molar refractivity (Wildman–Crippen MR) is 102 cm³/mol. The Balaban J connectivity index is 1.22. The standard InChI is InChI=1S/C22H32O8/c23-9-12-1-5-14(6-2-12)20-26-16(11-25)17-18(28-20)19-22(27-17)30-21(29-19)15-7-3-13(10-24)4-8-15/h9-10,12-22,25H,1-8,11H2. The zero-order chi connectivity index (χ0) is 20.7. The van der Waals surface area contributed by atoms with Gasteiger partial charge in [-0.1, -0.05) is 0 Å². The fraction of sp³-hybridized carbons (Fsp3) is 0.909. The van der Waals surface area contributed by atoms with Gasteiger partial charge in [0.15, 0.2) is 18.9 Å². The Kier molecular flexibility index (Phi) is 6.24. The molecule has 0 amide bonds. The Morgan fingerprint density at radius 2 is 1.10 bits per heavy atom. The minimum Gasteiger partial charge on any atom is -0.394 e. The van der Waals surface area contributed by atoms with Crippen molar-refractivity contribution in [3.05, 3.63) is 0 Å². The number of hydrogen-bond acceptors (Lipinski definition) is 8. The van der Waals surface area contributed by atoms with Crippen LogP contribution in [0.1, 0.15) is 51.4 Å². The van der Waals surface area contributed by atoms with Gasteiger partial charge in [0, 0.05) is 23.7 Å². The van der Waals surface area contributed by atoms with Gasteiger partial charge in [0.05, 0.1) is 6.61 Å². The average molecular weight is 424 g/mol. The van der Waals surface area contributed by atoms with E-state index in [1.165, 1.54) is 0 Å². The summed E-state index contributed by atoms with van der Waals surface area (Å²) in [6.07, 6.45) is 6.27. The topological polar surface area (TPSA) is 101 Å². The lowest BCUT2D eigenvalue weighted by Gasteiger charge is -2.42. The lowest BCUT2D eigenvalue weighted by Crippen LogP contribution is -2.55. The van der Waals surface area contributed by atoms with Crippen LogP contribution in [0.5, 0.6) is 0 Å². The molecule has 8 nitrogen and oxygen atoms in total. The summed E-state index contributed by atoms with van der Waals surface area (Å²) in [6, 6.07) is 0. The molecule has 5 fully saturated rings. The maximum Gasteiger partial charge on any atom is 0.190 e. The van der Waals surface area contributed by atoms with Crippen molar-refractivity contribution in [3.63, 3.8) is 0 Å². The van der Waals surface area contributed by atoms with Crippen LogP contribution in [0.4, 0.5) is 0 Å². The Morgan fingerprint density at radius 1 is 0.600 bits per heavy atom. The number of aldehydes is 2. The molecule has 30 heavy (non-hydrogen) atoms. The lowest BCUT2D eigenvalue weighted by atomic mass is 9.82. The maximum atomic E-state index is 11.1. The first kappa shape index (κ1) is 21.0. The number of carbonyl (C=O) groups is 2. The Morgan fingerprint density at radius 3 is 1.63 bits per heavy atom.